The van der Waals surface area contributed by atoms with Crippen molar-refractivity contribution in [2.24, 2.45) is 5.92 Å². The molecule has 2 atom stereocenters. The van der Waals surface area contributed by atoms with Gasteiger partial charge in [0.2, 0.25) is 0 Å². The van der Waals surface area contributed by atoms with Crippen LogP contribution in [0.4, 0.5) is 5.69 Å². The standard InChI is InChI=1S/C15H23BrN2O/c1-3-17-9-12-8-13(16)4-5-14(12)18-7-6-11(2)15(18)10-19/h4-5,8,11,15,17,19H,3,6-7,9-10H2,1-2H3. The molecule has 1 heterocycles. The van der Waals surface area contributed by atoms with Gasteiger partial charge in [0.1, 0.15) is 0 Å². The molecule has 0 radical (unpaired) electrons. The summed E-state index contributed by atoms with van der Waals surface area (Å²) in [6, 6.07) is 6.68. The minimum absolute atomic E-state index is 0.234. The van der Waals surface area contributed by atoms with Crippen molar-refractivity contribution < 1.29 is 5.11 Å². The lowest BCUT2D eigenvalue weighted by molar-refractivity contribution is 0.244. The van der Waals surface area contributed by atoms with Crippen molar-refractivity contribution in [1.29, 1.82) is 0 Å². The van der Waals surface area contributed by atoms with Gasteiger partial charge in [0.05, 0.1) is 12.6 Å². The lowest BCUT2D eigenvalue weighted by atomic mass is 10.0. The maximum absolute atomic E-state index is 9.62. The molecular weight excluding hydrogens is 304 g/mol. The largest absolute Gasteiger partial charge is 0.394 e. The molecule has 0 amide bonds. The zero-order valence-corrected chi connectivity index (χ0v) is 13.3. The zero-order valence-electron chi connectivity index (χ0n) is 11.7. The van der Waals surface area contributed by atoms with Crippen LogP contribution in [0.5, 0.6) is 0 Å². The number of anilines is 1. The van der Waals surface area contributed by atoms with Gasteiger partial charge in [-0.3, -0.25) is 0 Å². The number of aliphatic hydroxyl groups is 1. The maximum Gasteiger partial charge on any atom is 0.0637 e. The fourth-order valence-corrected chi connectivity index (χ4v) is 3.23. The first-order valence-electron chi connectivity index (χ1n) is 7.04. The Bertz CT molecular complexity index is 425. The van der Waals surface area contributed by atoms with Gasteiger partial charge in [-0.2, -0.15) is 0 Å². The summed E-state index contributed by atoms with van der Waals surface area (Å²) in [6.07, 6.45) is 1.15. The van der Waals surface area contributed by atoms with Crippen molar-refractivity contribution in [1.82, 2.24) is 5.32 Å². The van der Waals surface area contributed by atoms with Crippen LogP contribution in [0.1, 0.15) is 25.8 Å². The van der Waals surface area contributed by atoms with Crippen molar-refractivity contribution in [2.45, 2.75) is 32.9 Å². The molecule has 106 valence electrons. The number of hydrogen-bond acceptors (Lipinski definition) is 3. The number of halogens is 1. The highest BCUT2D eigenvalue weighted by atomic mass is 79.9. The van der Waals surface area contributed by atoms with Gasteiger partial charge in [0.25, 0.3) is 0 Å². The summed E-state index contributed by atoms with van der Waals surface area (Å²) in [7, 11) is 0. The number of rotatable bonds is 5. The number of benzene rings is 1. The summed E-state index contributed by atoms with van der Waals surface area (Å²) in [5, 5.41) is 13.0. The van der Waals surface area contributed by atoms with Gasteiger partial charge in [-0.05, 0) is 42.6 Å². The second-order valence-electron chi connectivity index (χ2n) is 5.26. The molecule has 0 saturated carbocycles. The molecule has 3 nitrogen and oxygen atoms in total. The van der Waals surface area contributed by atoms with Gasteiger partial charge >= 0.3 is 0 Å². The van der Waals surface area contributed by atoms with E-state index < -0.39 is 0 Å². The molecule has 1 aromatic carbocycles. The summed E-state index contributed by atoms with van der Waals surface area (Å²) >= 11 is 3.55. The quantitative estimate of drug-likeness (QED) is 0.873. The molecule has 0 spiro atoms. The number of hydrogen-bond donors (Lipinski definition) is 2. The zero-order chi connectivity index (χ0) is 13.8. The SMILES string of the molecule is CCNCc1cc(Br)ccc1N1CCC(C)C1CO. The Morgan fingerprint density at radius 2 is 2.26 bits per heavy atom. The maximum atomic E-state index is 9.62. The Morgan fingerprint density at radius 1 is 1.47 bits per heavy atom. The summed E-state index contributed by atoms with van der Waals surface area (Å²) in [4.78, 5) is 2.36. The molecule has 2 unspecified atom stereocenters. The predicted molar refractivity (Wildman–Crippen MR) is 83.5 cm³/mol. The molecular formula is C15H23BrN2O. The summed E-state index contributed by atoms with van der Waals surface area (Å²) < 4.78 is 1.11. The Kier molecular flexibility index (Phi) is 5.25. The van der Waals surface area contributed by atoms with E-state index in [2.05, 4.69) is 58.2 Å². The average molecular weight is 327 g/mol. The fraction of sp³-hybridized carbons (Fsp3) is 0.600. The van der Waals surface area contributed by atoms with E-state index in [1.807, 2.05) is 0 Å². The molecule has 1 aliphatic heterocycles. The van der Waals surface area contributed by atoms with Gasteiger partial charge in [0, 0.05) is 23.2 Å². The third-order valence-electron chi connectivity index (χ3n) is 3.99. The highest BCUT2D eigenvalue weighted by molar-refractivity contribution is 9.10. The molecule has 0 bridgehead atoms. The average Bonchev–Trinajstić information content (AvgIpc) is 2.77. The van der Waals surface area contributed by atoms with Gasteiger partial charge in [-0.15, -0.1) is 0 Å². The van der Waals surface area contributed by atoms with Gasteiger partial charge in [-0.25, -0.2) is 0 Å². The first-order valence-corrected chi connectivity index (χ1v) is 7.83. The Balaban J connectivity index is 2.27. The van der Waals surface area contributed by atoms with E-state index in [0.717, 1.165) is 30.5 Å². The molecule has 4 heteroatoms. The van der Waals surface area contributed by atoms with E-state index in [0.29, 0.717) is 5.92 Å². The third-order valence-corrected chi connectivity index (χ3v) is 4.48. The monoisotopic (exact) mass is 326 g/mol. The molecule has 1 fully saturated rings. The highest BCUT2D eigenvalue weighted by Crippen LogP contribution is 2.33. The summed E-state index contributed by atoms with van der Waals surface area (Å²) in [5.41, 5.74) is 2.55. The van der Waals surface area contributed by atoms with Crippen molar-refractivity contribution in [3.63, 3.8) is 0 Å². The number of aliphatic hydroxyl groups excluding tert-OH is 1. The van der Waals surface area contributed by atoms with E-state index >= 15 is 0 Å². The third kappa shape index (κ3) is 3.30. The van der Waals surface area contributed by atoms with Crippen LogP contribution in [0, 0.1) is 5.92 Å². The second kappa shape index (κ2) is 6.73. The van der Waals surface area contributed by atoms with Crippen LogP contribution in [-0.4, -0.2) is 30.8 Å². The Labute approximate surface area is 124 Å². The molecule has 2 rings (SSSR count). The van der Waals surface area contributed by atoms with Crippen LogP contribution < -0.4 is 10.2 Å². The fourth-order valence-electron chi connectivity index (χ4n) is 2.82. The van der Waals surface area contributed by atoms with Crippen molar-refractivity contribution in [2.75, 3.05) is 24.6 Å². The van der Waals surface area contributed by atoms with Crippen molar-refractivity contribution in [3.05, 3.63) is 28.2 Å². The number of nitrogens with one attached hydrogen (secondary N) is 1. The minimum Gasteiger partial charge on any atom is -0.394 e. The van der Waals surface area contributed by atoms with E-state index in [-0.39, 0.29) is 12.6 Å². The molecule has 2 N–H and O–H groups in total. The van der Waals surface area contributed by atoms with Crippen LogP contribution in [0.25, 0.3) is 0 Å². The lowest BCUT2D eigenvalue weighted by Crippen LogP contribution is -2.36. The van der Waals surface area contributed by atoms with E-state index in [9.17, 15) is 5.11 Å². The summed E-state index contributed by atoms with van der Waals surface area (Å²) in [6.45, 7) is 7.45. The van der Waals surface area contributed by atoms with E-state index in [1.165, 1.54) is 11.3 Å². The Morgan fingerprint density at radius 3 is 2.95 bits per heavy atom. The molecule has 1 aromatic rings. The van der Waals surface area contributed by atoms with Crippen molar-refractivity contribution in [3.8, 4) is 0 Å². The van der Waals surface area contributed by atoms with Gasteiger partial charge in [-0.1, -0.05) is 29.8 Å². The minimum atomic E-state index is 0.234. The Hall–Kier alpha value is -0.580. The smallest absolute Gasteiger partial charge is 0.0637 e. The molecule has 1 aliphatic rings. The lowest BCUT2D eigenvalue weighted by Gasteiger charge is -2.29. The van der Waals surface area contributed by atoms with E-state index in [4.69, 9.17) is 0 Å². The van der Waals surface area contributed by atoms with Gasteiger partial charge in [0.15, 0.2) is 0 Å². The molecule has 0 aliphatic carbocycles. The normalized spacial score (nSPS) is 23.1. The van der Waals surface area contributed by atoms with Crippen LogP contribution in [0.2, 0.25) is 0 Å². The van der Waals surface area contributed by atoms with Crippen LogP contribution >= 0.6 is 15.9 Å². The molecule has 1 saturated heterocycles. The first kappa shape index (κ1) is 14.8. The topological polar surface area (TPSA) is 35.5 Å². The second-order valence-corrected chi connectivity index (χ2v) is 6.18. The molecule has 19 heavy (non-hydrogen) atoms. The van der Waals surface area contributed by atoms with Crippen molar-refractivity contribution >= 4 is 21.6 Å². The van der Waals surface area contributed by atoms with Gasteiger partial charge < -0.3 is 15.3 Å². The highest BCUT2D eigenvalue weighted by Gasteiger charge is 2.31. The number of nitrogens with zero attached hydrogens (tertiary/aromatic N) is 1. The van der Waals surface area contributed by atoms with Crippen LogP contribution in [-0.2, 0) is 6.54 Å². The van der Waals surface area contributed by atoms with Crippen LogP contribution in [0.3, 0.4) is 0 Å². The first-order chi connectivity index (χ1) is 9.17. The molecule has 0 aromatic heterocycles. The predicted octanol–water partition coefficient (Wildman–Crippen LogP) is 2.77. The van der Waals surface area contributed by atoms with Crippen LogP contribution in [0.15, 0.2) is 22.7 Å². The summed E-state index contributed by atoms with van der Waals surface area (Å²) in [5.74, 6) is 0.556. The van der Waals surface area contributed by atoms with E-state index in [1.54, 1.807) is 0 Å².